The summed E-state index contributed by atoms with van der Waals surface area (Å²) in [6.07, 6.45) is 1.31. The molecule has 0 fully saturated rings. The summed E-state index contributed by atoms with van der Waals surface area (Å²) in [5.41, 5.74) is 3.01. The molecule has 1 aromatic rings. The summed E-state index contributed by atoms with van der Waals surface area (Å²) < 4.78 is 5.56. The van der Waals surface area contributed by atoms with Gasteiger partial charge in [0.05, 0.1) is 18.1 Å². The van der Waals surface area contributed by atoms with Crippen LogP contribution in [0, 0.1) is 18.3 Å². The van der Waals surface area contributed by atoms with E-state index in [0.29, 0.717) is 18.6 Å². The third kappa shape index (κ3) is 4.03. The molecule has 4 nitrogen and oxygen atoms in total. The fraction of sp³-hybridized carbons (Fsp3) is 0.545. The number of carbonyl (C=O) groups is 2. The molecule has 0 bridgehead atoms. The van der Waals surface area contributed by atoms with E-state index in [4.69, 9.17) is 4.74 Å². The number of rotatable bonds is 4. The second kappa shape index (κ2) is 7.27. The van der Waals surface area contributed by atoms with Crippen LogP contribution in [0.5, 0.6) is 0 Å². The van der Waals surface area contributed by atoms with Crippen LogP contribution in [0.4, 0.5) is 0 Å². The Hall–Kier alpha value is -1.88. The number of hydrogen-bond acceptors (Lipinski definition) is 5. The average molecular weight is 388 g/mol. The van der Waals surface area contributed by atoms with Gasteiger partial charge in [0, 0.05) is 33.1 Å². The van der Waals surface area contributed by atoms with Gasteiger partial charge in [0.1, 0.15) is 0 Å². The van der Waals surface area contributed by atoms with E-state index >= 15 is 0 Å². The van der Waals surface area contributed by atoms with E-state index in [1.54, 1.807) is 11.3 Å². The van der Waals surface area contributed by atoms with Gasteiger partial charge in [-0.15, -0.1) is 11.3 Å². The molecular weight excluding hydrogens is 358 g/mol. The predicted molar refractivity (Wildman–Crippen MR) is 108 cm³/mol. The Morgan fingerprint density at radius 2 is 2.00 bits per heavy atom. The lowest BCUT2D eigenvalue weighted by molar-refractivity contribution is -0.140. The first-order valence-electron chi connectivity index (χ1n) is 9.56. The first-order chi connectivity index (χ1) is 12.6. The number of ether oxygens (including phenoxy) is 1. The minimum absolute atomic E-state index is 0.0746. The summed E-state index contributed by atoms with van der Waals surface area (Å²) in [4.78, 5) is 28.3. The maximum atomic E-state index is 13.1. The van der Waals surface area contributed by atoms with E-state index in [1.807, 2.05) is 39.8 Å². The Morgan fingerprint density at radius 3 is 2.59 bits per heavy atom. The number of allylic oxidation sites excluding steroid dienone is 3. The molecule has 1 N–H and O–H groups in total. The highest BCUT2D eigenvalue weighted by molar-refractivity contribution is 7.12. The molecule has 0 spiro atoms. The summed E-state index contributed by atoms with van der Waals surface area (Å²) in [6.45, 7) is 12.6. The summed E-state index contributed by atoms with van der Waals surface area (Å²) in [7, 11) is 0. The number of ketones is 1. The zero-order chi connectivity index (χ0) is 19.9. The van der Waals surface area contributed by atoms with Crippen molar-refractivity contribution in [3.05, 3.63) is 44.4 Å². The molecule has 1 aromatic heterocycles. The normalized spacial score (nSPS) is 22.0. The molecule has 2 aliphatic rings. The Morgan fingerprint density at radius 1 is 1.30 bits per heavy atom. The van der Waals surface area contributed by atoms with Gasteiger partial charge in [0.15, 0.2) is 5.78 Å². The van der Waals surface area contributed by atoms with Gasteiger partial charge < -0.3 is 10.1 Å². The van der Waals surface area contributed by atoms with E-state index < -0.39 is 0 Å². The van der Waals surface area contributed by atoms with Crippen molar-refractivity contribution in [2.75, 3.05) is 6.61 Å². The van der Waals surface area contributed by atoms with Crippen LogP contribution < -0.4 is 5.32 Å². The molecule has 0 radical (unpaired) electrons. The zero-order valence-corrected chi connectivity index (χ0v) is 17.9. The summed E-state index contributed by atoms with van der Waals surface area (Å²) in [5, 5.41) is 3.37. The van der Waals surface area contributed by atoms with Gasteiger partial charge in [-0.05, 0) is 43.7 Å². The molecule has 0 saturated heterocycles. The number of nitrogens with one attached hydrogen (secondary N) is 1. The molecular formula is C22H29NO3S. The van der Waals surface area contributed by atoms with E-state index in [2.05, 4.69) is 19.2 Å². The zero-order valence-electron chi connectivity index (χ0n) is 17.1. The lowest BCUT2D eigenvalue weighted by Gasteiger charge is -2.39. The quantitative estimate of drug-likeness (QED) is 0.750. The lowest BCUT2D eigenvalue weighted by Crippen LogP contribution is -2.38. The van der Waals surface area contributed by atoms with E-state index in [1.165, 1.54) is 4.88 Å². The van der Waals surface area contributed by atoms with Crippen molar-refractivity contribution in [1.82, 2.24) is 5.32 Å². The van der Waals surface area contributed by atoms with Crippen molar-refractivity contribution in [3.8, 4) is 0 Å². The number of carbonyl (C=O) groups excluding carboxylic acids is 2. The van der Waals surface area contributed by atoms with Crippen molar-refractivity contribution < 1.29 is 14.3 Å². The molecule has 2 heterocycles. The molecule has 1 aliphatic carbocycles. The molecule has 1 unspecified atom stereocenters. The Balaban J connectivity index is 2.08. The van der Waals surface area contributed by atoms with E-state index in [9.17, 15) is 9.59 Å². The van der Waals surface area contributed by atoms with Gasteiger partial charge in [0.25, 0.3) is 0 Å². The van der Waals surface area contributed by atoms with Crippen molar-refractivity contribution in [3.63, 3.8) is 0 Å². The van der Waals surface area contributed by atoms with Gasteiger partial charge in [0.2, 0.25) is 0 Å². The maximum Gasteiger partial charge on any atom is 0.336 e. The van der Waals surface area contributed by atoms with Crippen LogP contribution in [-0.2, 0) is 14.3 Å². The molecule has 1 atom stereocenters. The summed E-state index contributed by atoms with van der Waals surface area (Å²) in [5.74, 6) is -0.260. The maximum absolute atomic E-state index is 13.1. The van der Waals surface area contributed by atoms with Crippen LogP contribution in [0.3, 0.4) is 0 Å². The number of thiophene rings is 1. The highest BCUT2D eigenvalue weighted by Crippen LogP contribution is 2.48. The van der Waals surface area contributed by atoms with Gasteiger partial charge >= 0.3 is 5.97 Å². The minimum atomic E-state index is -0.330. The Bertz CT molecular complexity index is 841. The summed E-state index contributed by atoms with van der Waals surface area (Å²) in [6, 6.07) is 4.09. The SMILES string of the molecule is CC1=C(C(=O)OCC(C)C)C(c2ccc(C)s2)C2=C(CC(C)(C)CC2=O)N1. The van der Waals surface area contributed by atoms with Crippen LogP contribution in [0.2, 0.25) is 0 Å². The fourth-order valence-electron chi connectivity index (χ4n) is 3.92. The molecule has 5 heteroatoms. The van der Waals surface area contributed by atoms with E-state index in [0.717, 1.165) is 28.3 Å². The van der Waals surface area contributed by atoms with Gasteiger partial charge in [-0.25, -0.2) is 4.79 Å². The number of aryl methyl sites for hydroxylation is 1. The third-order valence-corrected chi connectivity index (χ3v) is 6.12. The average Bonchev–Trinajstić information content (AvgIpc) is 2.96. The standard InChI is InChI=1S/C22H29NO3S/c1-12(2)11-26-21(25)18-14(4)23-15-9-22(5,6)10-16(24)19(15)20(18)17-8-7-13(3)27-17/h7-8,12,20,23H,9-11H2,1-6H3. The first kappa shape index (κ1) is 19.9. The van der Waals surface area contributed by atoms with Crippen LogP contribution >= 0.6 is 11.3 Å². The van der Waals surface area contributed by atoms with Crippen molar-refractivity contribution in [2.24, 2.45) is 11.3 Å². The molecule has 146 valence electrons. The van der Waals surface area contributed by atoms with Crippen LogP contribution in [-0.4, -0.2) is 18.4 Å². The predicted octanol–water partition coefficient (Wildman–Crippen LogP) is 4.86. The molecule has 0 amide bonds. The Kier molecular flexibility index (Phi) is 5.35. The van der Waals surface area contributed by atoms with E-state index in [-0.39, 0.29) is 29.0 Å². The molecule has 0 saturated carbocycles. The van der Waals surface area contributed by atoms with Crippen molar-refractivity contribution in [2.45, 2.75) is 60.3 Å². The molecule has 0 aromatic carbocycles. The third-order valence-electron chi connectivity index (χ3n) is 5.05. The van der Waals surface area contributed by atoms with Gasteiger partial charge in [-0.2, -0.15) is 0 Å². The van der Waals surface area contributed by atoms with Crippen LogP contribution in [0.1, 0.15) is 63.1 Å². The smallest absolute Gasteiger partial charge is 0.336 e. The van der Waals surface area contributed by atoms with Crippen LogP contribution in [0.25, 0.3) is 0 Å². The fourth-order valence-corrected chi connectivity index (χ4v) is 4.92. The Labute approximate surface area is 165 Å². The number of esters is 1. The molecule has 27 heavy (non-hydrogen) atoms. The lowest BCUT2D eigenvalue weighted by atomic mass is 9.70. The van der Waals surface area contributed by atoms with Gasteiger partial charge in [-0.1, -0.05) is 27.7 Å². The minimum Gasteiger partial charge on any atom is -0.462 e. The monoisotopic (exact) mass is 387 g/mol. The second-order valence-corrected chi connectivity index (χ2v) is 10.2. The second-order valence-electron chi connectivity index (χ2n) is 8.87. The largest absolute Gasteiger partial charge is 0.462 e. The molecule has 3 rings (SSSR count). The number of dihydropyridines is 1. The highest BCUT2D eigenvalue weighted by atomic mass is 32.1. The van der Waals surface area contributed by atoms with Crippen LogP contribution in [0.15, 0.2) is 34.7 Å². The number of Topliss-reactive ketones (excluding diaryl/α,β-unsaturated/α-hetero) is 1. The number of hydrogen-bond donors (Lipinski definition) is 1. The van der Waals surface area contributed by atoms with Gasteiger partial charge in [-0.3, -0.25) is 4.79 Å². The molecule has 1 aliphatic heterocycles. The first-order valence-corrected chi connectivity index (χ1v) is 10.4. The highest BCUT2D eigenvalue weighted by Gasteiger charge is 2.43. The topological polar surface area (TPSA) is 55.4 Å². The van der Waals surface area contributed by atoms with Crippen molar-refractivity contribution >= 4 is 23.1 Å². The summed E-state index contributed by atoms with van der Waals surface area (Å²) >= 11 is 1.64. The van der Waals surface area contributed by atoms with Crippen molar-refractivity contribution in [1.29, 1.82) is 0 Å².